The highest BCUT2D eigenvalue weighted by Crippen LogP contribution is 2.45. The molecule has 2 aliphatic rings. The molecule has 2 fully saturated rings. The Balaban J connectivity index is 1.99. The van der Waals surface area contributed by atoms with E-state index in [1.165, 1.54) is 6.42 Å². The van der Waals surface area contributed by atoms with E-state index in [1.807, 2.05) is 0 Å². The highest BCUT2D eigenvalue weighted by atomic mass is 79.9. The van der Waals surface area contributed by atoms with E-state index in [9.17, 15) is 13.9 Å². The minimum Gasteiger partial charge on any atom is -0.505 e. The van der Waals surface area contributed by atoms with Crippen LogP contribution in [0.2, 0.25) is 0 Å². The molecular weight excluding hydrogens is 342 g/mol. The van der Waals surface area contributed by atoms with E-state index in [0.29, 0.717) is 11.5 Å². The minimum absolute atomic E-state index is 0.0350. The van der Waals surface area contributed by atoms with Gasteiger partial charge in [-0.15, -0.1) is 0 Å². The molecule has 1 saturated carbocycles. The molecule has 0 radical (unpaired) electrons. The van der Waals surface area contributed by atoms with Crippen molar-refractivity contribution in [1.29, 1.82) is 0 Å². The van der Waals surface area contributed by atoms with Gasteiger partial charge in [0, 0.05) is 37.8 Å². The number of halogens is 3. The fraction of sp³-hybridized carbons (Fsp3) is 0.600. The highest BCUT2D eigenvalue weighted by molar-refractivity contribution is 9.10. The molecule has 0 bridgehead atoms. The zero-order chi connectivity index (χ0) is 15.0. The molecule has 0 aromatic heterocycles. The van der Waals surface area contributed by atoms with Crippen LogP contribution in [0.1, 0.15) is 30.9 Å². The van der Waals surface area contributed by atoms with Gasteiger partial charge in [0.05, 0.1) is 4.47 Å². The molecule has 1 saturated heterocycles. The topological polar surface area (TPSA) is 35.5 Å². The van der Waals surface area contributed by atoms with Gasteiger partial charge in [-0.1, -0.05) is 6.42 Å². The SMILES string of the molecule is Oc1c([C@@H](C2CCC2)N2CCNCC2)cc(Br)c(F)c1F. The summed E-state index contributed by atoms with van der Waals surface area (Å²) in [4.78, 5) is 2.28. The van der Waals surface area contributed by atoms with E-state index in [0.717, 1.165) is 39.0 Å². The van der Waals surface area contributed by atoms with Crippen LogP contribution < -0.4 is 5.32 Å². The summed E-state index contributed by atoms with van der Waals surface area (Å²) in [6.45, 7) is 3.48. The van der Waals surface area contributed by atoms with Gasteiger partial charge in [-0.25, -0.2) is 4.39 Å². The number of hydrogen-bond donors (Lipinski definition) is 2. The standard InChI is InChI=1S/C15H19BrF2N2O/c16-11-8-10(15(21)13(18)12(11)17)14(9-2-1-3-9)20-6-4-19-5-7-20/h8-9,14,19,21H,1-7H2/t14-/m1/s1. The Hall–Kier alpha value is -0.720. The first-order valence-corrected chi connectivity index (χ1v) is 8.20. The third-order valence-corrected chi connectivity index (χ3v) is 5.20. The number of hydrogen-bond acceptors (Lipinski definition) is 3. The van der Waals surface area contributed by atoms with Gasteiger partial charge in [0.2, 0.25) is 5.82 Å². The van der Waals surface area contributed by atoms with Gasteiger partial charge in [-0.05, 0) is 40.8 Å². The van der Waals surface area contributed by atoms with E-state index >= 15 is 0 Å². The largest absolute Gasteiger partial charge is 0.505 e. The Morgan fingerprint density at radius 3 is 2.48 bits per heavy atom. The maximum absolute atomic E-state index is 13.9. The first kappa shape index (κ1) is 15.2. The third kappa shape index (κ3) is 2.81. The molecule has 21 heavy (non-hydrogen) atoms. The summed E-state index contributed by atoms with van der Waals surface area (Å²) in [6.07, 6.45) is 3.31. The van der Waals surface area contributed by atoms with Crippen molar-refractivity contribution in [2.75, 3.05) is 26.2 Å². The van der Waals surface area contributed by atoms with E-state index < -0.39 is 17.4 Å². The number of benzene rings is 1. The average molecular weight is 361 g/mol. The Labute approximate surface area is 131 Å². The van der Waals surface area contributed by atoms with Crippen LogP contribution >= 0.6 is 15.9 Å². The molecule has 2 N–H and O–H groups in total. The van der Waals surface area contributed by atoms with Crippen LogP contribution in [0.5, 0.6) is 5.75 Å². The van der Waals surface area contributed by atoms with Crippen molar-refractivity contribution in [2.45, 2.75) is 25.3 Å². The van der Waals surface area contributed by atoms with Crippen LogP contribution in [0.3, 0.4) is 0 Å². The van der Waals surface area contributed by atoms with Crippen molar-refractivity contribution in [3.05, 3.63) is 27.7 Å². The molecule has 116 valence electrons. The summed E-state index contributed by atoms with van der Waals surface area (Å²) >= 11 is 3.06. The lowest BCUT2D eigenvalue weighted by Gasteiger charge is -2.43. The average Bonchev–Trinajstić information content (AvgIpc) is 2.45. The molecule has 0 amide bonds. The van der Waals surface area contributed by atoms with Crippen LogP contribution in [-0.4, -0.2) is 36.2 Å². The first-order chi connectivity index (χ1) is 10.1. The second kappa shape index (κ2) is 6.18. The predicted octanol–water partition coefficient (Wildman–Crippen LogP) is 3.18. The fourth-order valence-electron chi connectivity index (χ4n) is 3.29. The monoisotopic (exact) mass is 360 g/mol. The number of nitrogens with one attached hydrogen (secondary N) is 1. The Morgan fingerprint density at radius 1 is 1.24 bits per heavy atom. The van der Waals surface area contributed by atoms with Crippen LogP contribution in [0.25, 0.3) is 0 Å². The number of aromatic hydroxyl groups is 1. The van der Waals surface area contributed by atoms with Gasteiger partial charge < -0.3 is 10.4 Å². The lowest BCUT2D eigenvalue weighted by Crippen LogP contribution is -2.47. The molecular formula is C15H19BrF2N2O. The molecule has 3 nitrogen and oxygen atoms in total. The molecule has 1 aromatic carbocycles. The number of nitrogens with zero attached hydrogens (tertiary/aromatic N) is 1. The maximum atomic E-state index is 13.9. The van der Waals surface area contributed by atoms with Gasteiger partial charge in [-0.2, -0.15) is 4.39 Å². The molecule has 6 heteroatoms. The summed E-state index contributed by atoms with van der Waals surface area (Å²) in [6, 6.07) is 1.51. The molecule has 1 heterocycles. The summed E-state index contributed by atoms with van der Waals surface area (Å²) in [7, 11) is 0. The molecule has 3 rings (SSSR count). The normalized spacial score (nSPS) is 22.0. The molecule has 1 atom stereocenters. The molecule has 1 aromatic rings. The quantitative estimate of drug-likeness (QED) is 0.812. The van der Waals surface area contributed by atoms with Crippen molar-refractivity contribution in [2.24, 2.45) is 5.92 Å². The molecule has 1 aliphatic carbocycles. The summed E-state index contributed by atoms with van der Waals surface area (Å²) in [5, 5.41) is 13.4. The molecule has 0 unspecified atom stereocenters. The zero-order valence-corrected chi connectivity index (χ0v) is 13.3. The maximum Gasteiger partial charge on any atom is 0.201 e. The van der Waals surface area contributed by atoms with E-state index in [-0.39, 0.29) is 10.5 Å². The van der Waals surface area contributed by atoms with Crippen LogP contribution in [0, 0.1) is 17.6 Å². The van der Waals surface area contributed by atoms with Crippen LogP contribution in [-0.2, 0) is 0 Å². The molecule has 0 spiro atoms. The predicted molar refractivity (Wildman–Crippen MR) is 80.2 cm³/mol. The van der Waals surface area contributed by atoms with Crippen molar-refractivity contribution in [1.82, 2.24) is 10.2 Å². The smallest absolute Gasteiger partial charge is 0.201 e. The summed E-state index contributed by atoms with van der Waals surface area (Å²) in [5.41, 5.74) is 0.507. The number of rotatable bonds is 3. The Bertz CT molecular complexity index is 531. The van der Waals surface area contributed by atoms with Gasteiger partial charge in [-0.3, -0.25) is 4.90 Å². The van der Waals surface area contributed by atoms with Crippen molar-refractivity contribution in [3.8, 4) is 5.75 Å². The second-order valence-electron chi connectivity index (χ2n) is 5.85. The first-order valence-electron chi connectivity index (χ1n) is 7.40. The lowest BCUT2D eigenvalue weighted by molar-refractivity contribution is 0.0813. The molecule has 1 aliphatic heterocycles. The van der Waals surface area contributed by atoms with Crippen molar-refractivity contribution in [3.63, 3.8) is 0 Å². The minimum atomic E-state index is -1.15. The number of phenolic OH excluding ortho intramolecular Hbond substituents is 1. The number of piperazine rings is 1. The number of phenols is 1. The van der Waals surface area contributed by atoms with Gasteiger partial charge in [0.1, 0.15) is 0 Å². The summed E-state index contributed by atoms with van der Waals surface area (Å²) < 4.78 is 27.5. The zero-order valence-electron chi connectivity index (χ0n) is 11.7. The fourth-order valence-corrected chi connectivity index (χ4v) is 3.71. The van der Waals surface area contributed by atoms with Gasteiger partial charge in [0.25, 0.3) is 0 Å². The highest BCUT2D eigenvalue weighted by Gasteiger charge is 2.36. The van der Waals surface area contributed by atoms with Gasteiger partial charge >= 0.3 is 0 Å². The van der Waals surface area contributed by atoms with Crippen LogP contribution in [0.15, 0.2) is 10.5 Å². The Kier molecular flexibility index (Phi) is 4.47. The third-order valence-electron chi connectivity index (χ3n) is 4.63. The second-order valence-corrected chi connectivity index (χ2v) is 6.70. The van der Waals surface area contributed by atoms with E-state index in [4.69, 9.17) is 0 Å². The van der Waals surface area contributed by atoms with Crippen LogP contribution in [0.4, 0.5) is 8.78 Å². The van der Waals surface area contributed by atoms with Crippen molar-refractivity contribution < 1.29 is 13.9 Å². The van der Waals surface area contributed by atoms with Crippen molar-refractivity contribution >= 4 is 15.9 Å². The Morgan fingerprint density at radius 2 is 1.90 bits per heavy atom. The summed E-state index contributed by atoms with van der Waals surface area (Å²) in [5.74, 6) is -2.31. The van der Waals surface area contributed by atoms with E-state index in [1.54, 1.807) is 6.07 Å². The van der Waals surface area contributed by atoms with E-state index in [2.05, 4.69) is 26.1 Å². The lowest BCUT2D eigenvalue weighted by atomic mass is 9.76. The van der Waals surface area contributed by atoms with Gasteiger partial charge in [0.15, 0.2) is 11.6 Å².